The molecule has 16 heteroatoms. The monoisotopic (exact) mass is 486 g/mol. The first-order valence-electron chi connectivity index (χ1n) is 10.4. The summed E-state index contributed by atoms with van der Waals surface area (Å²) in [4.78, 5) is 15.6. The van der Waals surface area contributed by atoms with Crippen LogP contribution in [0.15, 0.2) is 23.3 Å². The Morgan fingerprint density at radius 3 is 2.47 bits per heavy atom. The Morgan fingerprint density at radius 2 is 1.76 bits per heavy atom. The van der Waals surface area contributed by atoms with Gasteiger partial charge in [-0.15, -0.1) is 5.10 Å². The summed E-state index contributed by atoms with van der Waals surface area (Å²) in [5.41, 5.74) is 5.01. The topological polar surface area (TPSA) is 241 Å². The summed E-state index contributed by atoms with van der Waals surface area (Å²) in [6.45, 7) is -0.816. The highest BCUT2D eigenvalue weighted by Gasteiger charge is 2.45. The molecule has 2 aliphatic heterocycles. The molecule has 16 nitrogen and oxygen atoms in total. The second-order valence-corrected chi connectivity index (χ2v) is 8.03. The first-order chi connectivity index (χ1) is 16.2. The Morgan fingerprint density at radius 1 is 1.03 bits per heavy atom. The number of aliphatic hydroxyl groups excluding tert-OH is 6. The van der Waals surface area contributed by atoms with E-state index in [2.05, 4.69) is 15.3 Å². The van der Waals surface area contributed by atoms with E-state index in [1.165, 1.54) is 23.1 Å². The molecule has 2 saturated heterocycles. The maximum absolute atomic E-state index is 12.0. The number of anilines is 1. The molecule has 188 valence electrons. The molecule has 0 saturated carbocycles. The average molecular weight is 486 g/mol. The maximum atomic E-state index is 12.0. The number of hydrogen-bond acceptors (Lipinski definition) is 14. The third-order valence-corrected chi connectivity index (χ3v) is 5.66. The van der Waals surface area contributed by atoms with E-state index in [1.54, 1.807) is 0 Å². The van der Waals surface area contributed by atoms with Crippen molar-refractivity contribution in [3.63, 3.8) is 0 Å². The molecular formula is C18H26N6O10. The van der Waals surface area contributed by atoms with Crippen molar-refractivity contribution in [3.05, 3.63) is 34.6 Å². The van der Waals surface area contributed by atoms with E-state index in [1.807, 2.05) is 0 Å². The molecule has 4 rings (SSSR count). The third-order valence-electron chi connectivity index (χ3n) is 5.66. The van der Waals surface area contributed by atoms with Crippen LogP contribution in [0.2, 0.25) is 0 Å². The standard InChI is InChI=1S/C18H26N6O10/c19-10-1-2-24(18(31)20-10)16-14(29)11(26)8(33-16)4-23-3-7(21-22-23)6-32-17-15(30)13(28)12(27)9(5-25)34-17/h1-3,8-9,11-17,25-30H,4-6H2,(H2,19,20,31)/t8-,9-,11-,12-,13+,14-,15-,16-,17-/m1/s1. The zero-order valence-corrected chi connectivity index (χ0v) is 17.7. The van der Waals surface area contributed by atoms with E-state index in [9.17, 15) is 35.4 Å². The van der Waals surface area contributed by atoms with Crippen LogP contribution in [0.5, 0.6) is 0 Å². The molecule has 0 spiro atoms. The number of rotatable bonds is 7. The van der Waals surface area contributed by atoms with Gasteiger partial charge in [0, 0.05) is 6.20 Å². The minimum Gasteiger partial charge on any atom is -0.394 e. The molecule has 8 N–H and O–H groups in total. The van der Waals surface area contributed by atoms with Gasteiger partial charge in [0.05, 0.1) is 26.0 Å². The third kappa shape index (κ3) is 4.81. The predicted octanol–water partition coefficient (Wildman–Crippen LogP) is -4.95. The number of ether oxygens (including phenoxy) is 3. The number of aromatic nitrogens is 5. The van der Waals surface area contributed by atoms with Gasteiger partial charge in [0.1, 0.15) is 54.2 Å². The number of aliphatic hydroxyl groups is 6. The van der Waals surface area contributed by atoms with Crippen molar-refractivity contribution in [1.82, 2.24) is 24.5 Å². The first kappa shape index (κ1) is 24.6. The van der Waals surface area contributed by atoms with Crippen molar-refractivity contribution in [2.24, 2.45) is 0 Å². The van der Waals surface area contributed by atoms with Gasteiger partial charge in [-0.1, -0.05) is 5.21 Å². The largest absolute Gasteiger partial charge is 0.394 e. The highest BCUT2D eigenvalue weighted by atomic mass is 16.7. The van der Waals surface area contributed by atoms with E-state index in [4.69, 9.17) is 19.9 Å². The zero-order valence-electron chi connectivity index (χ0n) is 17.7. The maximum Gasteiger partial charge on any atom is 0.351 e. The van der Waals surface area contributed by atoms with Crippen molar-refractivity contribution >= 4 is 5.82 Å². The van der Waals surface area contributed by atoms with Crippen molar-refractivity contribution < 1.29 is 44.8 Å². The first-order valence-corrected chi connectivity index (χ1v) is 10.4. The SMILES string of the molecule is Nc1ccn([C@@H]2O[C@H](Cn3cc(CO[C@@H]4O[C@H](CO)[C@@H](O)[C@H](O)[C@H]4O)nn3)[C@@H](O)[C@H]2O)c(=O)n1. The summed E-state index contributed by atoms with van der Waals surface area (Å²) in [5, 5.41) is 67.4. The molecule has 0 unspecified atom stereocenters. The molecule has 0 radical (unpaired) electrons. The summed E-state index contributed by atoms with van der Waals surface area (Å²) in [5.74, 6) is 0.00640. The molecule has 2 fully saturated rings. The van der Waals surface area contributed by atoms with Crippen LogP contribution < -0.4 is 11.4 Å². The van der Waals surface area contributed by atoms with Crippen LogP contribution in [-0.2, 0) is 27.4 Å². The molecule has 0 bridgehead atoms. The van der Waals surface area contributed by atoms with Crippen molar-refractivity contribution in [2.45, 2.75) is 68.4 Å². The Labute approximate surface area is 191 Å². The van der Waals surface area contributed by atoms with Gasteiger partial charge in [0.25, 0.3) is 0 Å². The number of nitrogens with zero attached hydrogens (tertiary/aromatic N) is 5. The quantitative estimate of drug-likeness (QED) is 0.194. The van der Waals surface area contributed by atoms with Crippen molar-refractivity contribution in [3.8, 4) is 0 Å². The Hall–Kier alpha value is -2.54. The fraction of sp³-hybridized carbons (Fsp3) is 0.667. The van der Waals surface area contributed by atoms with Crippen LogP contribution in [0.3, 0.4) is 0 Å². The van der Waals surface area contributed by atoms with Gasteiger partial charge in [-0.2, -0.15) is 4.98 Å². The molecule has 2 aromatic rings. The van der Waals surface area contributed by atoms with E-state index < -0.39 is 67.5 Å². The van der Waals surface area contributed by atoms with E-state index >= 15 is 0 Å². The zero-order chi connectivity index (χ0) is 24.6. The van der Waals surface area contributed by atoms with Gasteiger partial charge >= 0.3 is 5.69 Å². The van der Waals surface area contributed by atoms with Crippen LogP contribution in [0, 0.1) is 0 Å². The smallest absolute Gasteiger partial charge is 0.351 e. The minimum atomic E-state index is -1.57. The second-order valence-electron chi connectivity index (χ2n) is 8.03. The summed E-state index contributed by atoms with van der Waals surface area (Å²) >= 11 is 0. The lowest BCUT2D eigenvalue weighted by atomic mass is 9.99. The summed E-state index contributed by atoms with van der Waals surface area (Å²) in [7, 11) is 0. The van der Waals surface area contributed by atoms with Crippen LogP contribution in [-0.4, -0.2) is 111 Å². The molecule has 2 aromatic heterocycles. The Bertz CT molecular complexity index is 1030. The highest BCUT2D eigenvalue weighted by Crippen LogP contribution is 2.29. The summed E-state index contributed by atoms with van der Waals surface area (Å²) in [6, 6.07) is 1.36. The van der Waals surface area contributed by atoms with Crippen LogP contribution >= 0.6 is 0 Å². The van der Waals surface area contributed by atoms with Crippen molar-refractivity contribution in [1.29, 1.82) is 0 Å². The van der Waals surface area contributed by atoms with Gasteiger partial charge in [-0.05, 0) is 6.07 Å². The van der Waals surface area contributed by atoms with E-state index in [-0.39, 0.29) is 19.0 Å². The predicted molar refractivity (Wildman–Crippen MR) is 107 cm³/mol. The Kier molecular flexibility index (Phi) is 7.22. The lowest BCUT2D eigenvalue weighted by Crippen LogP contribution is -2.59. The number of nitrogens with two attached hydrogens (primary N) is 1. The highest BCUT2D eigenvalue weighted by molar-refractivity contribution is 5.23. The van der Waals surface area contributed by atoms with Crippen LogP contribution in [0.25, 0.3) is 0 Å². The number of hydrogen-bond donors (Lipinski definition) is 7. The van der Waals surface area contributed by atoms with E-state index in [0.29, 0.717) is 5.69 Å². The normalized spacial score (nSPS) is 36.1. The second kappa shape index (κ2) is 9.98. The van der Waals surface area contributed by atoms with Crippen LogP contribution in [0.1, 0.15) is 11.9 Å². The van der Waals surface area contributed by atoms with E-state index in [0.717, 1.165) is 4.57 Å². The molecule has 34 heavy (non-hydrogen) atoms. The molecule has 4 heterocycles. The summed E-state index contributed by atoms with van der Waals surface area (Å²) in [6.07, 6.45) is -9.19. The minimum absolute atomic E-state index is 0.00640. The number of nitrogen functional groups attached to an aromatic ring is 1. The average Bonchev–Trinajstić information content (AvgIpc) is 3.37. The fourth-order valence-electron chi connectivity index (χ4n) is 3.78. The molecule has 9 atom stereocenters. The molecule has 2 aliphatic rings. The van der Waals surface area contributed by atoms with Gasteiger partial charge in [0.15, 0.2) is 12.5 Å². The van der Waals surface area contributed by atoms with Gasteiger partial charge < -0.3 is 50.6 Å². The van der Waals surface area contributed by atoms with Gasteiger partial charge in [0.2, 0.25) is 0 Å². The summed E-state index contributed by atoms with van der Waals surface area (Å²) < 4.78 is 18.7. The molecule has 0 aliphatic carbocycles. The molecule has 0 amide bonds. The van der Waals surface area contributed by atoms with Gasteiger partial charge in [-0.3, -0.25) is 4.57 Å². The lowest BCUT2D eigenvalue weighted by molar-refractivity contribution is -0.304. The molecule has 0 aromatic carbocycles. The van der Waals surface area contributed by atoms with Crippen molar-refractivity contribution in [2.75, 3.05) is 12.3 Å². The lowest BCUT2D eigenvalue weighted by Gasteiger charge is -2.39. The fourth-order valence-corrected chi connectivity index (χ4v) is 3.78. The molecular weight excluding hydrogens is 460 g/mol. The van der Waals surface area contributed by atoms with Gasteiger partial charge in [-0.25, -0.2) is 9.48 Å². The van der Waals surface area contributed by atoms with Crippen LogP contribution in [0.4, 0.5) is 5.82 Å². The Balaban J connectivity index is 1.36.